The van der Waals surface area contributed by atoms with Gasteiger partial charge in [-0.2, -0.15) is 0 Å². The van der Waals surface area contributed by atoms with Crippen molar-refractivity contribution in [3.05, 3.63) is 28.1 Å². The van der Waals surface area contributed by atoms with E-state index in [1.807, 2.05) is 9.80 Å². The van der Waals surface area contributed by atoms with Crippen LogP contribution in [0.15, 0.2) is 12.1 Å². The molecule has 2 aliphatic rings. The molecule has 0 atom stereocenters. The predicted molar refractivity (Wildman–Crippen MR) is 86.8 cm³/mol. The monoisotopic (exact) mass is 323 g/mol. The van der Waals surface area contributed by atoms with Crippen LogP contribution in [0.3, 0.4) is 0 Å². The average Bonchev–Trinajstić information content (AvgIpc) is 2.84. The number of hydrogen-bond acceptors (Lipinski definition) is 5. The SMILES string of the molecule is O=[N+]([O-])c1cc(F)c(N2CCOCC2)cc1N1CCCCCC1. The van der Waals surface area contributed by atoms with Crippen molar-refractivity contribution in [2.24, 2.45) is 0 Å². The van der Waals surface area contributed by atoms with E-state index in [0.29, 0.717) is 37.7 Å². The number of hydrogen-bond donors (Lipinski definition) is 0. The lowest BCUT2D eigenvalue weighted by atomic mass is 10.1. The highest BCUT2D eigenvalue weighted by atomic mass is 19.1. The molecule has 2 heterocycles. The highest BCUT2D eigenvalue weighted by Crippen LogP contribution is 2.36. The number of halogens is 1. The summed E-state index contributed by atoms with van der Waals surface area (Å²) in [5, 5.41) is 11.4. The number of benzene rings is 1. The fourth-order valence-corrected chi connectivity index (χ4v) is 3.30. The van der Waals surface area contributed by atoms with E-state index in [9.17, 15) is 14.5 Å². The topological polar surface area (TPSA) is 58.9 Å². The number of rotatable bonds is 3. The molecule has 2 fully saturated rings. The van der Waals surface area contributed by atoms with Crippen LogP contribution in [0.5, 0.6) is 0 Å². The minimum absolute atomic E-state index is 0.138. The standard InChI is InChI=1S/C16H22FN3O3/c17-13-11-16(20(21)22)15(18-5-3-1-2-4-6-18)12-14(13)19-7-9-23-10-8-19/h11-12H,1-10H2. The molecule has 0 N–H and O–H groups in total. The molecule has 1 aromatic carbocycles. The highest BCUT2D eigenvalue weighted by Gasteiger charge is 2.26. The Morgan fingerprint density at radius 1 is 0.957 bits per heavy atom. The molecule has 3 rings (SSSR count). The van der Waals surface area contributed by atoms with Crippen LogP contribution in [0.2, 0.25) is 0 Å². The van der Waals surface area contributed by atoms with Gasteiger partial charge in [-0.15, -0.1) is 0 Å². The third-order valence-corrected chi connectivity index (χ3v) is 4.54. The van der Waals surface area contributed by atoms with E-state index in [1.165, 1.54) is 0 Å². The van der Waals surface area contributed by atoms with Crippen LogP contribution >= 0.6 is 0 Å². The summed E-state index contributed by atoms with van der Waals surface area (Å²) >= 11 is 0. The first-order valence-electron chi connectivity index (χ1n) is 8.22. The van der Waals surface area contributed by atoms with Crippen molar-refractivity contribution in [2.75, 3.05) is 49.2 Å². The molecule has 7 heteroatoms. The zero-order valence-corrected chi connectivity index (χ0v) is 13.2. The van der Waals surface area contributed by atoms with Crippen molar-refractivity contribution in [3.63, 3.8) is 0 Å². The summed E-state index contributed by atoms with van der Waals surface area (Å²) in [4.78, 5) is 14.8. The summed E-state index contributed by atoms with van der Waals surface area (Å²) in [5.74, 6) is -0.530. The molecule has 6 nitrogen and oxygen atoms in total. The quantitative estimate of drug-likeness (QED) is 0.632. The normalized spacial score (nSPS) is 19.5. The fraction of sp³-hybridized carbons (Fsp3) is 0.625. The Morgan fingerprint density at radius 3 is 2.17 bits per heavy atom. The highest BCUT2D eigenvalue weighted by molar-refractivity contribution is 5.71. The summed E-state index contributed by atoms with van der Waals surface area (Å²) in [7, 11) is 0. The molecule has 0 saturated carbocycles. The van der Waals surface area contributed by atoms with Gasteiger partial charge < -0.3 is 14.5 Å². The first kappa shape index (κ1) is 16.0. The lowest BCUT2D eigenvalue weighted by Crippen LogP contribution is -2.37. The number of morpholine rings is 1. The van der Waals surface area contributed by atoms with Crippen LogP contribution in [0, 0.1) is 15.9 Å². The zero-order valence-electron chi connectivity index (χ0n) is 13.2. The Morgan fingerprint density at radius 2 is 1.57 bits per heavy atom. The lowest BCUT2D eigenvalue weighted by Gasteiger charge is -2.30. The van der Waals surface area contributed by atoms with Crippen LogP contribution in [0.1, 0.15) is 25.7 Å². The molecular weight excluding hydrogens is 301 g/mol. The Kier molecular flexibility index (Phi) is 4.95. The van der Waals surface area contributed by atoms with Gasteiger partial charge in [0.15, 0.2) is 5.82 Å². The van der Waals surface area contributed by atoms with Crippen molar-refractivity contribution >= 4 is 17.1 Å². The maximum atomic E-state index is 14.4. The summed E-state index contributed by atoms with van der Waals surface area (Å²) in [6, 6.07) is 2.73. The van der Waals surface area contributed by atoms with Crippen LogP contribution < -0.4 is 9.80 Å². The van der Waals surface area contributed by atoms with Gasteiger partial charge >= 0.3 is 0 Å². The smallest absolute Gasteiger partial charge is 0.295 e. The van der Waals surface area contributed by atoms with Crippen molar-refractivity contribution in [1.82, 2.24) is 0 Å². The van der Waals surface area contributed by atoms with Gasteiger partial charge in [-0.25, -0.2) is 4.39 Å². The first-order chi connectivity index (χ1) is 11.2. The number of nitro groups is 1. The first-order valence-corrected chi connectivity index (χ1v) is 8.22. The predicted octanol–water partition coefficient (Wildman–Crippen LogP) is 2.95. The van der Waals surface area contributed by atoms with Crippen LogP contribution in [0.4, 0.5) is 21.5 Å². The third-order valence-electron chi connectivity index (χ3n) is 4.54. The molecule has 23 heavy (non-hydrogen) atoms. The van der Waals surface area contributed by atoms with Gasteiger partial charge in [0, 0.05) is 26.2 Å². The average molecular weight is 323 g/mol. The van der Waals surface area contributed by atoms with Crippen molar-refractivity contribution in [1.29, 1.82) is 0 Å². The van der Waals surface area contributed by atoms with E-state index in [0.717, 1.165) is 44.8 Å². The van der Waals surface area contributed by atoms with E-state index in [-0.39, 0.29) is 5.69 Å². The van der Waals surface area contributed by atoms with Crippen LogP contribution in [-0.2, 0) is 4.74 Å². The molecule has 2 saturated heterocycles. The van der Waals surface area contributed by atoms with Crippen LogP contribution in [-0.4, -0.2) is 44.3 Å². The third kappa shape index (κ3) is 3.55. The van der Waals surface area contributed by atoms with E-state index in [2.05, 4.69) is 0 Å². The minimum atomic E-state index is -0.530. The zero-order chi connectivity index (χ0) is 16.2. The molecule has 0 aromatic heterocycles. The summed E-state index contributed by atoms with van der Waals surface area (Å²) in [5.41, 5.74) is 0.847. The summed E-state index contributed by atoms with van der Waals surface area (Å²) in [6.07, 6.45) is 4.31. The second-order valence-electron chi connectivity index (χ2n) is 6.05. The molecule has 0 bridgehead atoms. The molecule has 0 aliphatic carbocycles. The number of ether oxygens (including phenoxy) is 1. The van der Waals surface area contributed by atoms with E-state index in [1.54, 1.807) is 6.07 Å². The minimum Gasteiger partial charge on any atom is -0.378 e. The van der Waals surface area contributed by atoms with Gasteiger partial charge in [0.05, 0.1) is 29.9 Å². The number of anilines is 2. The molecule has 0 radical (unpaired) electrons. The molecule has 2 aliphatic heterocycles. The van der Waals surface area contributed by atoms with Crippen molar-refractivity contribution in [2.45, 2.75) is 25.7 Å². The summed E-state index contributed by atoms with van der Waals surface area (Å²) < 4.78 is 19.7. The molecule has 0 amide bonds. The Balaban J connectivity index is 1.98. The number of nitro benzene ring substituents is 1. The Bertz CT molecular complexity index is 568. The second kappa shape index (κ2) is 7.12. The molecule has 0 spiro atoms. The molecule has 0 unspecified atom stereocenters. The molecule has 1 aromatic rings. The molecule has 126 valence electrons. The van der Waals surface area contributed by atoms with Gasteiger partial charge in [-0.3, -0.25) is 10.1 Å². The van der Waals surface area contributed by atoms with Gasteiger partial charge in [0.25, 0.3) is 5.69 Å². The number of nitrogens with zero attached hydrogens (tertiary/aromatic N) is 3. The second-order valence-corrected chi connectivity index (χ2v) is 6.05. The fourth-order valence-electron chi connectivity index (χ4n) is 3.30. The maximum Gasteiger partial charge on any atom is 0.295 e. The van der Waals surface area contributed by atoms with Crippen molar-refractivity contribution in [3.8, 4) is 0 Å². The largest absolute Gasteiger partial charge is 0.378 e. The maximum absolute atomic E-state index is 14.4. The van der Waals surface area contributed by atoms with Gasteiger partial charge in [-0.05, 0) is 18.9 Å². The Hall–Kier alpha value is -1.89. The van der Waals surface area contributed by atoms with Gasteiger partial charge in [-0.1, -0.05) is 12.8 Å². The van der Waals surface area contributed by atoms with E-state index < -0.39 is 10.7 Å². The van der Waals surface area contributed by atoms with E-state index in [4.69, 9.17) is 4.74 Å². The van der Waals surface area contributed by atoms with Crippen molar-refractivity contribution < 1.29 is 14.1 Å². The van der Waals surface area contributed by atoms with Gasteiger partial charge in [0.2, 0.25) is 0 Å². The van der Waals surface area contributed by atoms with Gasteiger partial charge in [0.1, 0.15) is 5.69 Å². The van der Waals surface area contributed by atoms with Crippen LogP contribution in [0.25, 0.3) is 0 Å². The molecular formula is C16H22FN3O3. The lowest BCUT2D eigenvalue weighted by molar-refractivity contribution is -0.384. The Labute approximate surface area is 135 Å². The summed E-state index contributed by atoms with van der Waals surface area (Å²) in [6.45, 7) is 3.89. The van der Waals surface area contributed by atoms with E-state index >= 15 is 0 Å².